The van der Waals surface area contributed by atoms with Gasteiger partial charge in [0.25, 0.3) is 0 Å². The molecule has 0 aliphatic carbocycles. The lowest BCUT2D eigenvalue weighted by Gasteiger charge is -2.14. The molecule has 8 nitrogen and oxygen atoms in total. The van der Waals surface area contributed by atoms with Gasteiger partial charge in [-0.05, 0) is 26.0 Å². The minimum Gasteiger partial charge on any atom is -0.493 e. The van der Waals surface area contributed by atoms with Gasteiger partial charge < -0.3 is 24.6 Å². The molecule has 0 unspecified atom stereocenters. The third-order valence-corrected chi connectivity index (χ3v) is 3.02. The van der Waals surface area contributed by atoms with E-state index < -0.39 is 0 Å². The first-order valence-corrected chi connectivity index (χ1v) is 7.81. The van der Waals surface area contributed by atoms with E-state index in [-0.39, 0.29) is 0 Å². The zero-order chi connectivity index (χ0) is 17.4. The monoisotopic (exact) mass is 333 g/mol. The van der Waals surface area contributed by atoms with Crippen LogP contribution in [0.2, 0.25) is 0 Å². The van der Waals surface area contributed by atoms with Crippen LogP contribution in [-0.2, 0) is 6.54 Å². The van der Waals surface area contributed by atoms with E-state index in [1.54, 1.807) is 14.0 Å². The number of benzene rings is 1. The molecule has 8 heteroatoms. The Kier molecular flexibility index (Phi) is 6.41. The molecular weight excluding hydrogens is 310 g/mol. The molecule has 1 heterocycles. The molecule has 1 aromatic heterocycles. The highest BCUT2D eigenvalue weighted by Crippen LogP contribution is 2.30. The molecule has 0 atom stereocenters. The lowest BCUT2D eigenvalue weighted by Crippen LogP contribution is -2.30. The van der Waals surface area contributed by atoms with Crippen molar-refractivity contribution in [2.75, 3.05) is 25.6 Å². The first-order chi connectivity index (χ1) is 11.7. The highest BCUT2D eigenvalue weighted by Gasteiger charge is 2.07. The van der Waals surface area contributed by atoms with Crippen molar-refractivity contribution in [1.29, 1.82) is 0 Å². The van der Waals surface area contributed by atoms with Crippen molar-refractivity contribution in [1.82, 2.24) is 15.5 Å². The van der Waals surface area contributed by atoms with Crippen molar-refractivity contribution in [3.63, 3.8) is 0 Å². The average molecular weight is 333 g/mol. The number of hydrogen-bond acceptors (Lipinski definition) is 6. The molecule has 0 bridgehead atoms. The predicted octanol–water partition coefficient (Wildman–Crippen LogP) is 2.36. The zero-order valence-corrected chi connectivity index (χ0v) is 14.4. The Balaban J connectivity index is 2.12. The molecule has 0 amide bonds. The summed E-state index contributed by atoms with van der Waals surface area (Å²) in [5.74, 6) is 3.04. The molecule has 0 radical (unpaired) electrons. The predicted molar refractivity (Wildman–Crippen MR) is 91.6 cm³/mol. The van der Waals surface area contributed by atoms with Gasteiger partial charge in [0.2, 0.25) is 5.89 Å². The number of methoxy groups -OCH3 is 1. The molecule has 0 fully saturated rings. The summed E-state index contributed by atoms with van der Waals surface area (Å²) in [7, 11) is 1.61. The highest BCUT2D eigenvalue weighted by atomic mass is 16.5. The van der Waals surface area contributed by atoms with E-state index in [9.17, 15) is 0 Å². The van der Waals surface area contributed by atoms with E-state index in [0.29, 0.717) is 42.3 Å². The van der Waals surface area contributed by atoms with E-state index in [0.717, 1.165) is 12.2 Å². The molecule has 0 aliphatic heterocycles. The molecular formula is C16H23N5O3. The van der Waals surface area contributed by atoms with E-state index in [4.69, 9.17) is 14.0 Å². The topological polar surface area (TPSA) is 93.8 Å². The van der Waals surface area contributed by atoms with Crippen molar-refractivity contribution in [3.8, 4) is 11.5 Å². The van der Waals surface area contributed by atoms with Gasteiger partial charge in [-0.25, -0.2) is 4.99 Å². The van der Waals surface area contributed by atoms with Crippen LogP contribution in [0.25, 0.3) is 0 Å². The van der Waals surface area contributed by atoms with Gasteiger partial charge in [-0.3, -0.25) is 0 Å². The van der Waals surface area contributed by atoms with Gasteiger partial charge in [0.15, 0.2) is 23.3 Å². The van der Waals surface area contributed by atoms with Crippen LogP contribution in [0.1, 0.15) is 25.6 Å². The normalized spacial score (nSPS) is 11.2. The minimum absolute atomic E-state index is 0.321. The zero-order valence-electron chi connectivity index (χ0n) is 14.4. The minimum atomic E-state index is 0.321. The van der Waals surface area contributed by atoms with E-state index in [2.05, 4.69) is 25.8 Å². The lowest BCUT2D eigenvalue weighted by atomic mass is 10.2. The van der Waals surface area contributed by atoms with Crippen LogP contribution in [0.5, 0.6) is 11.5 Å². The van der Waals surface area contributed by atoms with Gasteiger partial charge in [-0.1, -0.05) is 5.16 Å². The second kappa shape index (κ2) is 8.76. The van der Waals surface area contributed by atoms with Crippen LogP contribution in [0.4, 0.5) is 5.69 Å². The quantitative estimate of drug-likeness (QED) is 0.593. The third-order valence-electron chi connectivity index (χ3n) is 3.02. The van der Waals surface area contributed by atoms with E-state index >= 15 is 0 Å². The summed E-state index contributed by atoms with van der Waals surface area (Å²) < 4.78 is 15.8. The fraction of sp³-hybridized carbons (Fsp3) is 0.438. The van der Waals surface area contributed by atoms with Gasteiger partial charge in [-0.2, -0.15) is 4.98 Å². The van der Waals surface area contributed by atoms with Gasteiger partial charge in [0.1, 0.15) is 6.54 Å². The first-order valence-electron chi connectivity index (χ1n) is 7.81. The largest absolute Gasteiger partial charge is 0.493 e. The van der Waals surface area contributed by atoms with Crippen molar-refractivity contribution >= 4 is 11.6 Å². The molecule has 2 N–H and O–H groups in total. The number of anilines is 1. The second-order valence-electron chi connectivity index (χ2n) is 4.85. The number of aliphatic imine (C=N–C) groups is 1. The Morgan fingerprint density at radius 3 is 2.75 bits per heavy atom. The van der Waals surface area contributed by atoms with Crippen LogP contribution in [0.15, 0.2) is 27.7 Å². The van der Waals surface area contributed by atoms with Gasteiger partial charge >= 0.3 is 0 Å². The number of aromatic nitrogens is 2. The molecule has 0 saturated carbocycles. The summed E-state index contributed by atoms with van der Waals surface area (Å²) in [6.45, 7) is 7.28. The van der Waals surface area contributed by atoms with Crippen molar-refractivity contribution in [2.45, 2.75) is 27.3 Å². The molecule has 2 rings (SSSR count). The summed E-state index contributed by atoms with van der Waals surface area (Å²) >= 11 is 0. The number of rotatable bonds is 7. The molecule has 0 aliphatic rings. The van der Waals surface area contributed by atoms with Gasteiger partial charge in [-0.15, -0.1) is 0 Å². The summed E-state index contributed by atoms with van der Waals surface area (Å²) in [4.78, 5) is 8.58. The number of aryl methyl sites for hydroxylation is 1. The molecule has 130 valence electrons. The fourth-order valence-corrected chi connectivity index (χ4v) is 2.02. The van der Waals surface area contributed by atoms with Gasteiger partial charge in [0.05, 0.1) is 13.7 Å². The number of guanidine groups is 1. The van der Waals surface area contributed by atoms with Crippen molar-refractivity contribution < 1.29 is 14.0 Å². The van der Waals surface area contributed by atoms with Crippen LogP contribution in [-0.4, -0.2) is 36.4 Å². The molecule has 0 spiro atoms. The summed E-state index contributed by atoms with van der Waals surface area (Å²) in [5, 5.41) is 10.2. The molecule has 1 aromatic carbocycles. The van der Waals surface area contributed by atoms with Crippen LogP contribution in [0, 0.1) is 6.92 Å². The lowest BCUT2D eigenvalue weighted by molar-refractivity contribution is 0.311. The maximum Gasteiger partial charge on any atom is 0.223 e. The van der Waals surface area contributed by atoms with Crippen LogP contribution in [0.3, 0.4) is 0 Å². The van der Waals surface area contributed by atoms with E-state index in [1.165, 1.54) is 0 Å². The molecule has 0 saturated heterocycles. The van der Waals surface area contributed by atoms with Crippen LogP contribution < -0.4 is 20.1 Å². The third kappa shape index (κ3) is 4.87. The van der Waals surface area contributed by atoms with Crippen LogP contribution >= 0.6 is 0 Å². The Labute approximate surface area is 141 Å². The SMILES string of the molecule is CCNC(=NCc1noc(C)n1)Nc1ccc(OC)c(OCC)c1. The standard InChI is InChI=1S/C16H23N5O3/c1-5-17-16(18-10-15-19-11(3)24-21-15)20-12-7-8-13(22-4)14(9-12)23-6-2/h7-9H,5-6,10H2,1-4H3,(H2,17,18,20). The Morgan fingerprint density at radius 2 is 2.12 bits per heavy atom. The number of nitrogens with one attached hydrogen (secondary N) is 2. The summed E-state index contributed by atoms with van der Waals surface area (Å²) in [6, 6.07) is 5.61. The van der Waals surface area contributed by atoms with E-state index in [1.807, 2.05) is 32.0 Å². The number of hydrogen-bond donors (Lipinski definition) is 2. The molecule has 24 heavy (non-hydrogen) atoms. The number of nitrogens with zero attached hydrogens (tertiary/aromatic N) is 3. The Morgan fingerprint density at radius 1 is 1.29 bits per heavy atom. The molecule has 2 aromatic rings. The smallest absolute Gasteiger partial charge is 0.223 e. The maximum absolute atomic E-state index is 5.58. The maximum atomic E-state index is 5.58. The Hall–Kier alpha value is -2.77. The average Bonchev–Trinajstić information content (AvgIpc) is 2.99. The van der Waals surface area contributed by atoms with Gasteiger partial charge in [0, 0.05) is 25.2 Å². The fourth-order valence-electron chi connectivity index (χ4n) is 2.02. The number of ether oxygens (including phenoxy) is 2. The second-order valence-corrected chi connectivity index (χ2v) is 4.85. The highest BCUT2D eigenvalue weighted by molar-refractivity contribution is 5.93. The van der Waals surface area contributed by atoms with Crippen molar-refractivity contribution in [3.05, 3.63) is 29.9 Å². The summed E-state index contributed by atoms with van der Waals surface area (Å²) in [5.41, 5.74) is 0.836. The first kappa shape index (κ1) is 17.6. The summed E-state index contributed by atoms with van der Waals surface area (Å²) in [6.07, 6.45) is 0. The van der Waals surface area contributed by atoms with Crippen molar-refractivity contribution in [2.24, 2.45) is 4.99 Å². The Bertz CT molecular complexity index is 684.